The van der Waals surface area contributed by atoms with Crippen molar-refractivity contribution in [1.82, 2.24) is 9.21 Å². The third-order valence-electron chi connectivity index (χ3n) is 5.52. The van der Waals surface area contributed by atoms with E-state index in [4.69, 9.17) is 9.47 Å². The van der Waals surface area contributed by atoms with Crippen molar-refractivity contribution in [2.75, 3.05) is 40.4 Å². The minimum Gasteiger partial charge on any atom is -0.493 e. The lowest BCUT2D eigenvalue weighted by Gasteiger charge is -2.31. The van der Waals surface area contributed by atoms with E-state index in [0.717, 1.165) is 5.56 Å². The number of methoxy groups -OCH3 is 1. The Morgan fingerprint density at radius 2 is 1.69 bits per heavy atom. The molecule has 1 aliphatic heterocycles. The summed E-state index contributed by atoms with van der Waals surface area (Å²) < 4.78 is 37.7. The van der Waals surface area contributed by atoms with Crippen molar-refractivity contribution in [3.8, 4) is 11.5 Å². The average Bonchev–Trinajstić information content (AvgIpc) is 2.83. The number of benzene rings is 2. The second-order valence-electron chi connectivity index (χ2n) is 7.69. The van der Waals surface area contributed by atoms with E-state index in [1.807, 2.05) is 54.6 Å². The number of para-hydroxylation sites is 2. The summed E-state index contributed by atoms with van der Waals surface area (Å²) in [6, 6.07) is 16.7. The lowest BCUT2D eigenvalue weighted by Crippen LogP contribution is -2.43. The van der Waals surface area contributed by atoms with E-state index in [1.165, 1.54) is 9.71 Å². The molecule has 8 heteroatoms. The smallest absolute Gasteiger partial charge is 0.236 e. The summed E-state index contributed by atoms with van der Waals surface area (Å²) in [7, 11) is -0.172. The van der Waals surface area contributed by atoms with Crippen molar-refractivity contribution in [3.05, 3.63) is 65.6 Å². The van der Waals surface area contributed by atoms with Crippen LogP contribution >= 0.6 is 0 Å². The van der Waals surface area contributed by atoms with Gasteiger partial charge in [-0.3, -0.25) is 4.79 Å². The van der Waals surface area contributed by atoms with Crippen molar-refractivity contribution in [1.29, 1.82) is 0 Å². The fourth-order valence-electron chi connectivity index (χ4n) is 3.62. The first kappa shape index (κ1) is 23.8. The molecular formula is C24H30N2O5S. The van der Waals surface area contributed by atoms with Gasteiger partial charge in [-0.1, -0.05) is 42.5 Å². The Kier molecular flexibility index (Phi) is 8.30. The van der Waals surface area contributed by atoms with E-state index >= 15 is 0 Å². The summed E-state index contributed by atoms with van der Waals surface area (Å²) in [5, 5.41) is 1.24. The Hall–Kier alpha value is -2.84. The van der Waals surface area contributed by atoms with Crippen molar-refractivity contribution in [2.45, 2.75) is 12.8 Å². The number of sulfonamides is 1. The Labute approximate surface area is 190 Å². The average molecular weight is 459 g/mol. The van der Waals surface area contributed by atoms with Crippen LogP contribution in [0.5, 0.6) is 11.5 Å². The van der Waals surface area contributed by atoms with Gasteiger partial charge in [0.25, 0.3) is 0 Å². The van der Waals surface area contributed by atoms with Gasteiger partial charge in [0.15, 0.2) is 11.5 Å². The highest BCUT2D eigenvalue weighted by Crippen LogP contribution is 2.26. The lowest BCUT2D eigenvalue weighted by molar-refractivity contribution is -0.135. The summed E-state index contributed by atoms with van der Waals surface area (Å²) in [5.74, 6) is 1.12. The monoisotopic (exact) mass is 458 g/mol. The molecule has 1 aliphatic rings. The van der Waals surface area contributed by atoms with Crippen molar-refractivity contribution in [3.63, 3.8) is 0 Å². The third kappa shape index (κ3) is 6.34. The largest absolute Gasteiger partial charge is 0.493 e. The number of hydrogen-bond acceptors (Lipinski definition) is 5. The van der Waals surface area contributed by atoms with Gasteiger partial charge in [-0.2, -0.15) is 4.31 Å². The lowest BCUT2D eigenvalue weighted by atomic mass is 9.97. The first-order chi connectivity index (χ1) is 15.4. The molecule has 2 aromatic rings. The van der Waals surface area contributed by atoms with E-state index in [0.29, 0.717) is 50.6 Å². The van der Waals surface area contributed by atoms with E-state index in [9.17, 15) is 13.2 Å². The van der Waals surface area contributed by atoms with Crippen molar-refractivity contribution < 1.29 is 22.7 Å². The van der Waals surface area contributed by atoms with Gasteiger partial charge in [0, 0.05) is 31.5 Å². The van der Waals surface area contributed by atoms with Crippen LogP contribution in [0.1, 0.15) is 18.4 Å². The van der Waals surface area contributed by atoms with Crippen LogP contribution < -0.4 is 9.47 Å². The highest BCUT2D eigenvalue weighted by molar-refractivity contribution is 7.92. The zero-order valence-corrected chi connectivity index (χ0v) is 19.3. The molecule has 1 fully saturated rings. The Morgan fingerprint density at radius 3 is 2.34 bits per heavy atom. The van der Waals surface area contributed by atoms with Crippen LogP contribution in [-0.2, 0) is 14.8 Å². The predicted molar refractivity (Wildman–Crippen MR) is 125 cm³/mol. The molecule has 7 nitrogen and oxygen atoms in total. The maximum atomic E-state index is 12.8. The molecule has 0 radical (unpaired) electrons. The maximum Gasteiger partial charge on any atom is 0.236 e. The molecule has 0 unspecified atom stereocenters. The Morgan fingerprint density at radius 1 is 1.06 bits per heavy atom. The van der Waals surface area contributed by atoms with Gasteiger partial charge in [-0.25, -0.2) is 8.42 Å². The molecule has 0 aliphatic carbocycles. The van der Waals surface area contributed by atoms with Gasteiger partial charge in [0.05, 0.1) is 13.7 Å². The first-order valence-electron chi connectivity index (χ1n) is 10.6. The molecule has 172 valence electrons. The molecule has 1 heterocycles. The normalized spacial score (nSPS) is 15.6. The molecular weight excluding hydrogens is 428 g/mol. The maximum absolute atomic E-state index is 12.8. The molecule has 3 rings (SSSR count). The van der Waals surface area contributed by atoms with E-state index in [1.54, 1.807) is 25.1 Å². The minimum absolute atomic E-state index is 0.0190. The molecule has 32 heavy (non-hydrogen) atoms. The first-order valence-corrected chi connectivity index (χ1v) is 12.1. The Balaban J connectivity index is 1.46. The number of amides is 1. The number of piperidine rings is 1. The summed E-state index contributed by atoms with van der Waals surface area (Å²) in [6.45, 7) is 1.46. The van der Waals surface area contributed by atoms with Crippen LogP contribution in [0.4, 0.5) is 0 Å². The number of carbonyl (C=O) groups is 1. The zero-order chi connectivity index (χ0) is 23.0. The second-order valence-corrected chi connectivity index (χ2v) is 9.51. The summed E-state index contributed by atoms with van der Waals surface area (Å²) in [6.07, 6.45) is 2.62. The fraction of sp³-hybridized carbons (Fsp3) is 0.375. The molecule has 0 spiro atoms. The van der Waals surface area contributed by atoms with E-state index < -0.39 is 10.0 Å². The molecule has 0 aromatic heterocycles. The summed E-state index contributed by atoms with van der Waals surface area (Å²) in [5.41, 5.74) is 0.832. The molecule has 0 atom stereocenters. The molecule has 0 saturated carbocycles. The van der Waals surface area contributed by atoms with Crippen LogP contribution in [0, 0.1) is 5.92 Å². The topological polar surface area (TPSA) is 76.2 Å². The Bertz CT molecular complexity index is 1020. The zero-order valence-electron chi connectivity index (χ0n) is 18.5. The van der Waals surface area contributed by atoms with Gasteiger partial charge in [0.2, 0.25) is 15.9 Å². The summed E-state index contributed by atoms with van der Waals surface area (Å²) >= 11 is 0. The quantitative estimate of drug-likeness (QED) is 0.577. The van der Waals surface area contributed by atoms with Gasteiger partial charge >= 0.3 is 0 Å². The highest BCUT2D eigenvalue weighted by atomic mass is 32.2. The highest BCUT2D eigenvalue weighted by Gasteiger charge is 2.31. The molecule has 2 aromatic carbocycles. The fourth-order valence-corrected chi connectivity index (χ4v) is 4.85. The second kappa shape index (κ2) is 11.2. The van der Waals surface area contributed by atoms with Crippen LogP contribution in [-0.4, -0.2) is 63.9 Å². The third-order valence-corrected chi connectivity index (χ3v) is 7.09. The molecule has 0 bridgehead atoms. The molecule has 1 saturated heterocycles. The van der Waals surface area contributed by atoms with Gasteiger partial charge in [-0.05, 0) is 36.6 Å². The van der Waals surface area contributed by atoms with Gasteiger partial charge in [0.1, 0.15) is 6.61 Å². The van der Waals surface area contributed by atoms with Crippen LogP contribution in [0.25, 0.3) is 6.08 Å². The van der Waals surface area contributed by atoms with Crippen molar-refractivity contribution >= 4 is 22.0 Å². The number of nitrogens with zero attached hydrogens (tertiary/aromatic N) is 2. The molecule has 0 N–H and O–H groups in total. The number of carbonyl (C=O) groups excluding carboxylic acids is 1. The predicted octanol–water partition coefficient (Wildman–Crippen LogP) is 3.25. The number of likely N-dealkylation sites (N-methyl/N-ethyl adjacent to an activating group) is 1. The van der Waals surface area contributed by atoms with Crippen molar-refractivity contribution in [2.24, 2.45) is 5.92 Å². The van der Waals surface area contributed by atoms with Crippen LogP contribution in [0.3, 0.4) is 0 Å². The molecule has 1 amide bonds. The number of hydrogen-bond donors (Lipinski definition) is 0. The standard InChI is InChI=1S/C24H30N2O5S/c1-25(17-18-31-23-11-7-6-10-22(23)30-2)24(27)21-12-15-26(16-13-21)32(28,29)19-14-20-8-4-3-5-9-20/h3-11,14,19,21H,12-13,15-18H2,1-2H3. The van der Waals surface area contributed by atoms with Crippen LogP contribution in [0.15, 0.2) is 60.0 Å². The van der Waals surface area contributed by atoms with E-state index in [2.05, 4.69) is 0 Å². The van der Waals surface area contributed by atoms with Gasteiger partial charge < -0.3 is 14.4 Å². The SMILES string of the molecule is COc1ccccc1OCCN(C)C(=O)C1CCN(S(=O)(=O)C=Cc2ccccc2)CC1. The van der Waals surface area contributed by atoms with Gasteiger partial charge in [-0.15, -0.1) is 0 Å². The number of ether oxygens (including phenoxy) is 2. The van der Waals surface area contributed by atoms with E-state index in [-0.39, 0.29) is 11.8 Å². The number of rotatable bonds is 9. The summed E-state index contributed by atoms with van der Waals surface area (Å²) in [4.78, 5) is 14.4. The van der Waals surface area contributed by atoms with Crippen LogP contribution in [0.2, 0.25) is 0 Å². The minimum atomic E-state index is -3.51.